The molecule has 1 fully saturated rings. The number of imidazole rings is 2. The number of carbonyl (C=O) groups is 13. The summed E-state index contributed by atoms with van der Waals surface area (Å²) in [6, 6.07) is 6.99. The van der Waals surface area contributed by atoms with Gasteiger partial charge in [-0.1, -0.05) is 17.0 Å². The molecule has 0 saturated carbocycles. The van der Waals surface area contributed by atoms with E-state index < -0.39 is 171 Å². The molecule has 57 heteroatoms. The van der Waals surface area contributed by atoms with Crippen molar-refractivity contribution in [2.24, 2.45) is 5.92 Å². The number of H-pyrrole nitrogens is 2. The molecule has 5 heterocycles. The average Bonchev–Trinajstić information content (AvgIpc) is 1.78. The van der Waals surface area contributed by atoms with Crippen LogP contribution in [0.3, 0.4) is 0 Å². The second-order valence-electron chi connectivity index (χ2n) is 34.2. The number of aliphatic carboxylic acids is 4. The van der Waals surface area contributed by atoms with Gasteiger partial charge in [0.05, 0.1) is 71.0 Å². The van der Waals surface area contributed by atoms with E-state index in [1.807, 2.05) is 6.92 Å². The van der Waals surface area contributed by atoms with Crippen LogP contribution in [-0.2, 0) is 105 Å². The number of carbonyl (C=O) groups excluding carboxylic acids is 9. The Labute approximate surface area is 853 Å². The smallest absolute Gasteiger partial charge is 0.323 e. The Balaban J connectivity index is 0.745. The number of nitrogens with zero attached hydrogens (tertiary/aromatic N) is 9. The molecular formula is C90H126N24O29S4. The van der Waals surface area contributed by atoms with Crippen molar-refractivity contribution in [3.05, 3.63) is 131 Å². The number of sulfonamides is 2. The van der Waals surface area contributed by atoms with Crippen LogP contribution in [0.4, 0.5) is 11.9 Å². The molecule has 21 N–H and O–H groups in total. The Kier molecular flexibility index (Phi) is 47.9. The predicted octanol–water partition coefficient (Wildman–Crippen LogP) is 1.14. The monoisotopic (exact) mass is 2130 g/mol. The summed E-state index contributed by atoms with van der Waals surface area (Å²) in [5.74, 6) is -11.9. The maximum absolute atomic E-state index is 14.7. The number of aromatic amines is 2. The number of ether oxygens (including phenoxy) is 2. The van der Waals surface area contributed by atoms with Crippen LogP contribution in [0, 0.1) is 33.6 Å². The quantitative estimate of drug-likeness (QED) is 0.0110. The van der Waals surface area contributed by atoms with Crippen molar-refractivity contribution in [1.82, 2.24) is 111 Å². The fourth-order valence-electron chi connectivity index (χ4n) is 15.9. The third-order valence-electron chi connectivity index (χ3n) is 23.2. The summed E-state index contributed by atoms with van der Waals surface area (Å²) >= 11 is 0.732. The first kappa shape index (κ1) is 117. The minimum absolute atomic E-state index is 0.0382. The van der Waals surface area contributed by atoms with E-state index in [9.17, 15) is 99.6 Å². The van der Waals surface area contributed by atoms with Gasteiger partial charge in [0.25, 0.3) is 11.8 Å². The van der Waals surface area contributed by atoms with Crippen molar-refractivity contribution in [2.45, 2.75) is 158 Å². The lowest BCUT2D eigenvalue weighted by atomic mass is 9.95. The van der Waals surface area contributed by atoms with Crippen molar-refractivity contribution in [2.75, 3.05) is 147 Å². The Morgan fingerprint density at radius 2 is 0.884 bits per heavy atom. The van der Waals surface area contributed by atoms with E-state index in [2.05, 4.69) is 122 Å². The van der Waals surface area contributed by atoms with Gasteiger partial charge in [-0.3, -0.25) is 81.5 Å². The Morgan fingerprint density at radius 3 is 1.29 bits per heavy atom. The van der Waals surface area contributed by atoms with Gasteiger partial charge in [0.2, 0.25) is 61.4 Å². The number of anilines is 2. The van der Waals surface area contributed by atoms with Gasteiger partial charge in [0.1, 0.15) is 41.7 Å². The number of amides is 9. The van der Waals surface area contributed by atoms with Crippen LogP contribution in [0.15, 0.2) is 108 Å². The van der Waals surface area contributed by atoms with Gasteiger partial charge in [0.15, 0.2) is 11.9 Å². The maximum atomic E-state index is 14.7. The number of carboxylic acid groups (broad SMARTS) is 4. The third-order valence-corrected chi connectivity index (χ3v) is 28.0. The molecule has 0 spiro atoms. The maximum Gasteiger partial charge on any atom is 0.323 e. The highest BCUT2D eigenvalue weighted by atomic mass is 32.2. The van der Waals surface area contributed by atoms with Gasteiger partial charge in [-0.05, 0) is 181 Å². The van der Waals surface area contributed by atoms with Crippen LogP contribution in [0.5, 0.6) is 11.5 Å². The molecule has 5 atom stereocenters. The van der Waals surface area contributed by atoms with Crippen LogP contribution in [0.1, 0.15) is 121 Å². The lowest BCUT2D eigenvalue weighted by Crippen LogP contribution is -2.55. The van der Waals surface area contributed by atoms with Gasteiger partial charge < -0.3 is 103 Å². The van der Waals surface area contributed by atoms with E-state index in [0.29, 0.717) is 118 Å². The highest BCUT2D eigenvalue weighted by Crippen LogP contribution is 2.30. The number of benzene rings is 4. The Hall–Kier alpha value is -13.3. The van der Waals surface area contributed by atoms with Gasteiger partial charge in [-0.15, -0.1) is 8.67 Å². The minimum atomic E-state index is -4.55. The summed E-state index contributed by atoms with van der Waals surface area (Å²) in [5.41, 5.74) is 2.60. The van der Waals surface area contributed by atoms with Crippen molar-refractivity contribution >= 4 is 155 Å². The third kappa shape index (κ3) is 39.5. The zero-order valence-electron chi connectivity index (χ0n) is 81.5. The molecule has 4 aromatic carbocycles. The number of carboxylic acids is 4. The Morgan fingerprint density at radius 1 is 0.469 bits per heavy atom. The van der Waals surface area contributed by atoms with Crippen LogP contribution >= 0.6 is 24.1 Å². The summed E-state index contributed by atoms with van der Waals surface area (Å²) in [4.78, 5) is 192. The lowest BCUT2D eigenvalue weighted by Gasteiger charge is -2.31. The number of aromatic nitrogens is 8. The largest absolute Gasteiger partial charge is 0.494 e. The van der Waals surface area contributed by atoms with Crippen LogP contribution < -0.4 is 77.4 Å². The van der Waals surface area contributed by atoms with Gasteiger partial charge in [-0.25, -0.2) is 37.3 Å². The van der Waals surface area contributed by atoms with E-state index >= 15 is 0 Å². The van der Waals surface area contributed by atoms with Crippen molar-refractivity contribution < 1.29 is 138 Å². The normalized spacial score (nSPS) is 14.2. The summed E-state index contributed by atoms with van der Waals surface area (Å²) in [6.07, 6.45) is 10.3. The standard InChI is InChI=1S/C90H126N24O29S4/c1-6-110-35-37-111(52-78(119)120)33-19-60(20-34-112(38-36-110)53-79(121)122)45-77(118)105-67(86(127)107-71(55-145-143-141-133)85(126)94-26-24-92-75(116)12-8-40-139-66-43-58(4)81(59(5)44-66)147(136,137)109-69(88(130)131)51-102-83(124)62-14-17-73-64(47-62)49-104-114(73)32-10-22-96-90-99-29-30-100-90)15-18-76(117)106-70(54-144-142-140-132)84(125)93-25-23-91-74(115)11-7-39-138-65-41-56(2)80(57(3)42-65)146(134,135)108-68(87(128)129)50-101-82(123)61-13-16-72-63(46-61)48-103-113(72)31-9-21-95-89-97-27-28-98-89/h13-14,16-17,27-30,41-44,46-49,60,67-71,108-109,132-133H,6-12,15,18-26,31-40,45,50-55H2,1-5H3,(H,91,115)(H,92,116)(H,93,125)(H,94,126)(H,101,123)(H,102,124)(H,105,118)(H,106,117)(H,107,127)(H,119,120)(H,121,122)(H,128,129)(H,130,131)(H2,95,97,98)(H2,96,99,100)/t67-,68-,69-,70-,71-/m0/s1. The molecule has 8 aromatic rings. The Bertz CT molecular complexity index is 5910. The number of likely N-dealkylation sites (N-methyl/N-ethyl adjacent to an activating group) is 1. The summed E-state index contributed by atoms with van der Waals surface area (Å²) in [7, 11) is -9.08. The molecule has 0 unspecified atom stereocenters. The fourth-order valence-corrected chi connectivity index (χ4v) is 20.1. The second-order valence-corrected chi connectivity index (χ2v) is 38.9. The van der Waals surface area contributed by atoms with Crippen LogP contribution in [0.2, 0.25) is 0 Å². The number of hydrogen-bond acceptors (Lipinski definition) is 36. The molecule has 1 aliphatic rings. The van der Waals surface area contributed by atoms with Gasteiger partial charge in [0, 0.05) is 188 Å². The molecule has 1 aliphatic heterocycles. The van der Waals surface area contributed by atoms with E-state index in [-0.39, 0.29) is 165 Å². The van der Waals surface area contributed by atoms with Crippen molar-refractivity contribution in [3.63, 3.8) is 0 Å². The molecule has 147 heavy (non-hydrogen) atoms. The molecule has 4 aromatic heterocycles. The predicted molar refractivity (Wildman–Crippen MR) is 531 cm³/mol. The first-order chi connectivity index (χ1) is 70.4. The number of rotatable bonds is 64. The number of hydrogen-bond donors (Lipinski definition) is 21. The van der Waals surface area contributed by atoms with E-state index in [1.165, 1.54) is 52.0 Å². The van der Waals surface area contributed by atoms with E-state index in [1.54, 1.807) is 92.7 Å². The summed E-state index contributed by atoms with van der Waals surface area (Å²) in [6.45, 7) is 9.90. The zero-order chi connectivity index (χ0) is 107. The van der Waals surface area contributed by atoms with Crippen molar-refractivity contribution in [3.8, 4) is 11.5 Å². The highest BCUT2D eigenvalue weighted by molar-refractivity contribution is 7.94. The molecule has 1 saturated heterocycles. The molecule has 0 radical (unpaired) electrons. The van der Waals surface area contributed by atoms with Crippen molar-refractivity contribution in [1.29, 1.82) is 0 Å². The molecule has 0 bridgehead atoms. The van der Waals surface area contributed by atoms with E-state index in [4.69, 9.17) is 20.0 Å². The topological polar surface area (TPSA) is 726 Å². The van der Waals surface area contributed by atoms with Crippen LogP contribution in [-0.4, -0.2) is 345 Å². The highest BCUT2D eigenvalue weighted by Gasteiger charge is 2.35. The van der Waals surface area contributed by atoms with Gasteiger partial charge in [-0.2, -0.15) is 19.6 Å². The summed E-state index contributed by atoms with van der Waals surface area (Å²) < 4.78 is 84.1. The lowest BCUT2D eigenvalue weighted by molar-refractivity contribution is -0.432. The molecular weight excluding hydrogens is 2010 g/mol. The number of fused-ring (bicyclic) bond motifs is 2. The minimum Gasteiger partial charge on any atom is -0.494 e. The first-order valence-electron chi connectivity index (χ1n) is 47.1. The molecule has 0 aliphatic carbocycles. The number of nitrogens with one attached hydrogen (secondary N) is 15. The second kappa shape index (κ2) is 60.1. The SMILES string of the molecule is CCN1CCN(CC(=O)O)CCC(CC(=O)N[C@@H](CCC(=O)N[C@@H](CSOOO)C(=O)NCCNC(=O)CCCOc2cc(C)c(S(=O)(=O)N[C@@H](CNC(=O)c3ccc4c(cnn4CCCNc4ncc[nH]4)c3)C(=O)O)c(C)c2)C(=O)N[C@@H](CSOOO)C(=O)NCCNC(=O)CCCOc2cc(C)c(S(=O)(=O)N[C@@H](CNC(=O)c3ccc4c(cnn4CCCNc4ncc[nH]4)c3)C(=O)O)c(C)c2)CCN(CC(=O)O)CC1. The molecule has 9 rings (SSSR count). The zero-order valence-corrected chi connectivity index (χ0v) is 84.7. The van der Waals surface area contributed by atoms with E-state index in [0.717, 1.165) is 11.0 Å². The molecule has 9 amide bonds. The fraction of sp³-hybridized carbons (Fsp3) is 0.500. The summed E-state index contributed by atoms with van der Waals surface area (Å²) in [5, 5.41) is 105. The molecule has 804 valence electrons. The average molecular weight is 2140 g/mol. The first-order valence-corrected chi connectivity index (χ1v) is 51.9. The number of aryl methyl sites for hydroxylation is 6. The van der Waals surface area contributed by atoms with Gasteiger partial charge >= 0.3 is 23.9 Å². The van der Waals surface area contributed by atoms with Crippen LogP contribution in [0.25, 0.3) is 21.8 Å². The molecule has 53 nitrogen and oxygen atoms in total.